The zero-order valence-electron chi connectivity index (χ0n) is 11.6. The Balaban J connectivity index is 2.25. The van der Waals surface area contributed by atoms with Crippen LogP contribution in [0.2, 0.25) is 0 Å². The first-order valence-electron chi connectivity index (χ1n) is 6.61. The second kappa shape index (κ2) is 8.81. The summed E-state index contributed by atoms with van der Waals surface area (Å²) >= 11 is 5.65. The third-order valence-corrected chi connectivity index (χ3v) is 3.27. The number of hydrogen-bond acceptors (Lipinski definition) is 2. The highest BCUT2D eigenvalue weighted by molar-refractivity contribution is 6.17. The molecule has 0 fully saturated rings. The van der Waals surface area contributed by atoms with E-state index in [1.165, 1.54) is 0 Å². The van der Waals surface area contributed by atoms with E-state index in [4.69, 9.17) is 16.3 Å². The van der Waals surface area contributed by atoms with Gasteiger partial charge in [0.2, 0.25) is 5.91 Å². The van der Waals surface area contributed by atoms with Crippen LogP contribution >= 0.6 is 11.6 Å². The first-order chi connectivity index (χ1) is 9.15. The maximum absolute atomic E-state index is 11.7. The molecular weight excluding hydrogens is 262 g/mol. The Labute approximate surface area is 120 Å². The molecule has 4 heteroatoms. The monoisotopic (exact) mass is 283 g/mol. The predicted molar refractivity (Wildman–Crippen MR) is 78.8 cm³/mol. The number of ether oxygens (including phenoxy) is 1. The third kappa shape index (κ3) is 6.48. The van der Waals surface area contributed by atoms with E-state index < -0.39 is 0 Å². The summed E-state index contributed by atoms with van der Waals surface area (Å²) < 4.78 is 5.09. The van der Waals surface area contributed by atoms with E-state index in [2.05, 4.69) is 12.2 Å². The van der Waals surface area contributed by atoms with Crippen molar-refractivity contribution in [1.29, 1.82) is 0 Å². The van der Waals surface area contributed by atoms with Gasteiger partial charge in [-0.1, -0.05) is 19.1 Å². The normalized spacial score (nSPS) is 11.9. The van der Waals surface area contributed by atoms with Gasteiger partial charge in [0.25, 0.3) is 0 Å². The lowest BCUT2D eigenvalue weighted by atomic mass is 10.1. The largest absolute Gasteiger partial charge is 0.497 e. The van der Waals surface area contributed by atoms with Crippen molar-refractivity contribution < 1.29 is 9.53 Å². The molecule has 0 saturated carbocycles. The van der Waals surface area contributed by atoms with E-state index in [-0.39, 0.29) is 5.91 Å². The van der Waals surface area contributed by atoms with Gasteiger partial charge in [-0.05, 0) is 36.5 Å². The molecule has 0 spiro atoms. The maximum Gasteiger partial charge on any atom is 0.220 e. The number of amides is 1. The molecule has 0 aliphatic rings. The molecule has 106 valence electrons. The topological polar surface area (TPSA) is 38.3 Å². The summed E-state index contributed by atoms with van der Waals surface area (Å²) in [6.45, 7) is 2.79. The number of rotatable bonds is 8. The number of aryl methyl sites for hydroxylation is 1. The number of halogens is 1. The number of nitrogens with one attached hydrogen (secondary N) is 1. The van der Waals surface area contributed by atoms with E-state index in [0.29, 0.717) is 24.8 Å². The summed E-state index contributed by atoms with van der Waals surface area (Å²) in [5, 5.41) is 2.94. The van der Waals surface area contributed by atoms with Gasteiger partial charge in [0, 0.05) is 18.8 Å². The van der Waals surface area contributed by atoms with Crippen LogP contribution in [0, 0.1) is 5.92 Å². The smallest absolute Gasteiger partial charge is 0.220 e. The van der Waals surface area contributed by atoms with Crippen molar-refractivity contribution in [3.63, 3.8) is 0 Å². The van der Waals surface area contributed by atoms with Gasteiger partial charge in [-0.25, -0.2) is 0 Å². The predicted octanol–water partition coefficient (Wildman–Crippen LogP) is 3.01. The molecule has 1 atom stereocenters. The van der Waals surface area contributed by atoms with Crippen molar-refractivity contribution >= 4 is 17.5 Å². The summed E-state index contributed by atoms with van der Waals surface area (Å²) in [4.78, 5) is 11.7. The van der Waals surface area contributed by atoms with Gasteiger partial charge in [-0.3, -0.25) is 4.79 Å². The van der Waals surface area contributed by atoms with Crippen LogP contribution in [0.3, 0.4) is 0 Å². The van der Waals surface area contributed by atoms with Gasteiger partial charge in [-0.15, -0.1) is 11.6 Å². The fourth-order valence-electron chi connectivity index (χ4n) is 1.71. The molecule has 3 nitrogen and oxygen atoms in total. The van der Waals surface area contributed by atoms with Gasteiger partial charge < -0.3 is 10.1 Å². The minimum absolute atomic E-state index is 0.0947. The SMILES string of the molecule is COc1ccc(CCC(=O)NCC(C)CCCl)cc1. The number of carbonyl (C=O) groups is 1. The molecule has 1 aromatic rings. The van der Waals surface area contributed by atoms with Crippen LogP contribution < -0.4 is 10.1 Å². The Hall–Kier alpha value is -1.22. The quantitative estimate of drug-likeness (QED) is 0.745. The van der Waals surface area contributed by atoms with Crippen molar-refractivity contribution in [3.05, 3.63) is 29.8 Å². The zero-order chi connectivity index (χ0) is 14.1. The molecular formula is C15H22ClNO2. The third-order valence-electron chi connectivity index (χ3n) is 3.05. The van der Waals surface area contributed by atoms with E-state index in [0.717, 1.165) is 24.2 Å². The molecule has 0 heterocycles. The Morgan fingerprint density at radius 2 is 2.05 bits per heavy atom. The molecule has 19 heavy (non-hydrogen) atoms. The minimum Gasteiger partial charge on any atom is -0.497 e. The van der Waals surface area contributed by atoms with Crippen molar-refractivity contribution in [3.8, 4) is 5.75 Å². The van der Waals surface area contributed by atoms with E-state index in [9.17, 15) is 4.79 Å². The molecule has 1 amide bonds. The lowest BCUT2D eigenvalue weighted by molar-refractivity contribution is -0.121. The summed E-state index contributed by atoms with van der Waals surface area (Å²) in [5.74, 6) is 2.01. The highest BCUT2D eigenvalue weighted by atomic mass is 35.5. The molecule has 0 bridgehead atoms. The van der Waals surface area contributed by atoms with Crippen LogP contribution in [-0.2, 0) is 11.2 Å². The summed E-state index contributed by atoms with van der Waals surface area (Å²) in [6.07, 6.45) is 2.19. The summed E-state index contributed by atoms with van der Waals surface area (Å²) in [7, 11) is 1.64. The fraction of sp³-hybridized carbons (Fsp3) is 0.533. The van der Waals surface area contributed by atoms with E-state index in [1.54, 1.807) is 7.11 Å². The van der Waals surface area contributed by atoms with Gasteiger partial charge >= 0.3 is 0 Å². The highest BCUT2D eigenvalue weighted by Crippen LogP contribution is 2.12. The van der Waals surface area contributed by atoms with Crippen molar-refractivity contribution in [1.82, 2.24) is 5.32 Å². The lowest BCUT2D eigenvalue weighted by Crippen LogP contribution is -2.28. The van der Waals surface area contributed by atoms with Gasteiger partial charge in [0.15, 0.2) is 0 Å². The van der Waals surface area contributed by atoms with Crippen molar-refractivity contribution in [2.75, 3.05) is 19.5 Å². The summed E-state index contributed by atoms with van der Waals surface area (Å²) in [6, 6.07) is 7.80. The first kappa shape index (κ1) is 15.8. The van der Waals surface area contributed by atoms with Crippen LogP contribution in [0.15, 0.2) is 24.3 Å². The molecule has 0 aliphatic heterocycles. The minimum atomic E-state index is 0.0947. The zero-order valence-corrected chi connectivity index (χ0v) is 12.4. The molecule has 0 aromatic heterocycles. The van der Waals surface area contributed by atoms with Crippen LogP contribution in [-0.4, -0.2) is 25.4 Å². The van der Waals surface area contributed by atoms with Gasteiger partial charge in [0.1, 0.15) is 5.75 Å². The molecule has 0 aliphatic carbocycles. The van der Waals surface area contributed by atoms with Crippen molar-refractivity contribution in [2.24, 2.45) is 5.92 Å². The average molecular weight is 284 g/mol. The van der Waals surface area contributed by atoms with Crippen molar-refractivity contribution in [2.45, 2.75) is 26.2 Å². The van der Waals surface area contributed by atoms with Gasteiger partial charge in [-0.2, -0.15) is 0 Å². The van der Waals surface area contributed by atoms with Crippen LogP contribution in [0.4, 0.5) is 0 Å². The number of alkyl halides is 1. The first-order valence-corrected chi connectivity index (χ1v) is 7.14. The molecule has 1 N–H and O–H groups in total. The molecule has 1 aromatic carbocycles. The molecule has 0 saturated heterocycles. The Bertz CT molecular complexity index is 378. The molecule has 1 rings (SSSR count). The highest BCUT2D eigenvalue weighted by Gasteiger charge is 2.05. The average Bonchev–Trinajstić information content (AvgIpc) is 2.44. The van der Waals surface area contributed by atoms with E-state index in [1.807, 2.05) is 24.3 Å². The number of hydrogen-bond donors (Lipinski definition) is 1. The second-order valence-electron chi connectivity index (χ2n) is 4.73. The fourth-order valence-corrected chi connectivity index (χ4v) is 2.09. The second-order valence-corrected chi connectivity index (χ2v) is 5.11. The molecule has 0 radical (unpaired) electrons. The Morgan fingerprint density at radius 3 is 2.63 bits per heavy atom. The maximum atomic E-state index is 11.7. The number of methoxy groups -OCH3 is 1. The van der Waals surface area contributed by atoms with Gasteiger partial charge in [0.05, 0.1) is 7.11 Å². The number of benzene rings is 1. The van der Waals surface area contributed by atoms with Crippen LogP contribution in [0.25, 0.3) is 0 Å². The van der Waals surface area contributed by atoms with Crippen LogP contribution in [0.1, 0.15) is 25.3 Å². The standard InChI is InChI=1S/C15H22ClNO2/c1-12(9-10-16)11-17-15(18)8-5-13-3-6-14(19-2)7-4-13/h3-4,6-7,12H,5,8-11H2,1-2H3,(H,17,18). The van der Waals surface area contributed by atoms with E-state index >= 15 is 0 Å². The molecule has 1 unspecified atom stereocenters. The van der Waals surface area contributed by atoms with Crippen LogP contribution in [0.5, 0.6) is 5.75 Å². The Morgan fingerprint density at radius 1 is 1.37 bits per heavy atom. The summed E-state index contributed by atoms with van der Waals surface area (Å²) in [5.41, 5.74) is 1.14. The number of carbonyl (C=O) groups excluding carboxylic acids is 1. The lowest BCUT2D eigenvalue weighted by Gasteiger charge is -2.11. The Kier molecular flexibility index (Phi) is 7.34.